The van der Waals surface area contributed by atoms with Crippen LogP contribution >= 0.6 is 0 Å². The molecule has 6 heterocycles. The molecule has 0 unspecified atom stereocenters. The number of aromatic carboxylic acids is 1. The zero-order valence-electron chi connectivity index (χ0n) is 52.7. The molecule has 6 aliphatic rings. The van der Waals surface area contributed by atoms with Gasteiger partial charge in [0, 0.05) is 51.0 Å². The first kappa shape index (κ1) is 66.5. The zero-order valence-corrected chi connectivity index (χ0v) is 53.7. The molecule has 3 fully saturated rings. The minimum absolute atomic E-state index is 0.0466. The number of ether oxygens (including phenoxy) is 5. The molecule has 12 amide bonds. The van der Waals surface area contributed by atoms with Crippen molar-refractivity contribution in [1.82, 2.24) is 46.2 Å². The van der Waals surface area contributed by atoms with Crippen LogP contribution in [0, 0.1) is 6.57 Å². The number of esters is 1. The van der Waals surface area contributed by atoms with Gasteiger partial charge in [-0.2, -0.15) is 0 Å². The largest absolute Gasteiger partial charge is 0.497 e. The highest BCUT2D eigenvalue weighted by atomic mass is 28.3. The number of carbonyl (C=O) groups is 11. The maximum Gasteiger partial charge on any atom is 0.337 e. The van der Waals surface area contributed by atoms with Crippen LogP contribution in [0.4, 0.5) is 20.1 Å². The summed E-state index contributed by atoms with van der Waals surface area (Å²) in [6.45, 7) is 14.8. The van der Waals surface area contributed by atoms with Crippen LogP contribution < -0.4 is 40.8 Å². The highest BCUT2D eigenvalue weighted by Gasteiger charge is 2.56. The minimum atomic E-state index is -1.52. The van der Waals surface area contributed by atoms with E-state index in [-0.39, 0.29) is 56.2 Å². The van der Waals surface area contributed by atoms with E-state index in [1.807, 2.05) is 6.07 Å². The highest BCUT2D eigenvalue weighted by molar-refractivity contribution is 6.76. The van der Waals surface area contributed by atoms with Crippen LogP contribution in [0.2, 0.25) is 25.7 Å². The van der Waals surface area contributed by atoms with Crippen molar-refractivity contribution < 1.29 is 81.5 Å². The van der Waals surface area contributed by atoms with Crippen LogP contribution in [0.25, 0.3) is 4.85 Å². The van der Waals surface area contributed by atoms with Gasteiger partial charge in [-0.25, -0.2) is 33.7 Å². The lowest BCUT2D eigenvalue weighted by Gasteiger charge is -2.32. The summed E-state index contributed by atoms with van der Waals surface area (Å²) in [6.07, 6.45) is 0. The summed E-state index contributed by atoms with van der Waals surface area (Å²) in [7, 11) is 4.50. The van der Waals surface area contributed by atoms with Gasteiger partial charge >= 0.3 is 30.0 Å². The van der Waals surface area contributed by atoms with Crippen LogP contribution in [-0.2, 0) is 60.1 Å². The van der Waals surface area contributed by atoms with E-state index >= 15 is 0 Å². The van der Waals surface area contributed by atoms with Crippen molar-refractivity contribution in [2.45, 2.75) is 61.9 Å². The van der Waals surface area contributed by atoms with Crippen molar-refractivity contribution in [3.63, 3.8) is 0 Å². The molecule has 6 N–H and O–H groups in total. The summed E-state index contributed by atoms with van der Waals surface area (Å²) in [4.78, 5) is 147. The number of carboxylic acids is 1. The summed E-state index contributed by atoms with van der Waals surface area (Å²) in [6, 6.07) is 33.0. The number of nitrogens with one attached hydrogen (secondary N) is 5. The van der Waals surface area contributed by atoms with Crippen LogP contribution in [0.15, 0.2) is 127 Å². The first-order chi connectivity index (χ1) is 45.3. The standard InChI is InChI=1S/C26H30N4O5Si.C21H19N3O6.C20H17N3O6/c1-27-20-9-7-19(8-10-20)26(16-29-15-18-6-11-21(34-2)14-22(18)23(29)31)24(32)30(25(33)28-26)17-35-12-13-36(3,4)5;1-29-15-8-5-13-10-24(17(25)16(13)9-15)11-21(19(27)22-20(28)23-21)14-6-3-12(4-7-14)18(26)30-2;1-29-14-7-4-12-9-23(16(24)15(12)8-14)10-20(18(27)21-19(28)22-20)13-5-2-11(3-6-13)17(25)26/h6-11,14H,12-13,15-17H2,2-5H3,(H,28,33);3-9H,10-11H2,1-2H3,(H2,22,23,27,28);2-8H,9-10H2,1H3,(H,25,26)(H2,21,22,27,28)/t26-;21-;20-/m000/s1. The Balaban J connectivity index is 0.000000156. The Morgan fingerprint density at radius 2 is 0.926 bits per heavy atom. The number of fused-ring (bicyclic) bond motifs is 3. The van der Waals surface area contributed by atoms with Crippen molar-refractivity contribution in [3.05, 3.63) is 200 Å². The van der Waals surface area contributed by atoms with Crippen LogP contribution in [0.1, 0.15) is 85.2 Å². The molecule has 95 heavy (non-hydrogen) atoms. The molecule has 0 aromatic heterocycles. The average Bonchev–Trinajstić information content (AvgIpc) is 1.62. The number of rotatable bonds is 19. The lowest BCUT2D eigenvalue weighted by molar-refractivity contribution is -0.135. The van der Waals surface area contributed by atoms with Gasteiger partial charge in [-0.05, 0) is 100 Å². The number of imide groups is 3. The molecule has 6 aromatic carbocycles. The molecule has 3 saturated heterocycles. The Bertz CT molecular complexity index is 4190. The molecule has 6 aromatic rings. The molecule has 0 bridgehead atoms. The van der Waals surface area contributed by atoms with Crippen molar-refractivity contribution in [3.8, 4) is 17.2 Å². The van der Waals surface area contributed by atoms with Crippen molar-refractivity contribution >= 4 is 79.2 Å². The minimum Gasteiger partial charge on any atom is -0.497 e. The number of carboxylic acid groups (broad SMARTS) is 1. The second-order valence-electron chi connectivity index (χ2n) is 24.2. The normalized spacial score (nSPS) is 19.8. The Morgan fingerprint density at radius 3 is 1.28 bits per heavy atom. The van der Waals surface area contributed by atoms with Gasteiger partial charge in [0.15, 0.2) is 22.3 Å². The van der Waals surface area contributed by atoms with Gasteiger partial charge in [-0.15, -0.1) is 0 Å². The summed E-state index contributed by atoms with van der Waals surface area (Å²) < 4.78 is 26.0. The fraction of sp³-hybridized carbons (Fsp3) is 0.284. The molecule has 12 rings (SSSR count). The van der Waals surface area contributed by atoms with E-state index in [4.69, 9.17) is 35.4 Å². The lowest BCUT2D eigenvalue weighted by atomic mass is 9.88. The van der Waals surface area contributed by atoms with Gasteiger partial charge in [0.25, 0.3) is 35.4 Å². The summed E-state index contributed by atoms with van der Waals surface area (Å²) in [5.74, 6) is -2.40. The number of benzene rings is 6. The van der Waals surface area contributed by atoms with E-state index in [9.17, 15) is 52.7 Å². The van der Waals surface area contributed by atoms with E-state index < -0.39 is 72.4 Å². The maximum absolute atomic E-state index is 13.8. The molecule has 490 valence electrons. The average molecular weight is 1310 g/mol. The highest BCUT2D eigenvalue weighted by Crippen LogP contribution is 2.38. The molecule has 0 radical (unpaired) electrons. The number of hydrogen-bond donors (Lipinski definition) is 6. The molecule has 6 aliphatic heterocycles. The second-order valence-corrected chi connectivity index (χ2v) is 29.8. The van der Waals surface area contributed by atoms with E-state index in [0.29, 0.717) is 81.6 Å². The molecule has 27 nitrogen and oxygen atoms in total. The Labute approximate surface area is 545 Å². The fourth-order valence-electron chi connectivity index (χ4n) is 11.8. The molecular weight excluding hydrogens is 1240 g/mol. The molecule has 0 spiro atoms. The Kier molecular flexibility index (Phi) is 18.6. The molecular formula is C67H66N10O17Si. The molecule has 0 aliphatic carbocycles. The van der Waals surface area contributed by atoms with Gasteiger partial charge in [-0.1, -0.05) is 86.4 Å². The third-order valence-corrected chi connectivity index (χ3v) is 18.8. The van der Waals surface area contributed by atoms with Gasteiger partial charge in [-0.3, -0.25) is 39.4 Å². The number of nitrogens with zero attached hydrogens (tertiary/aromatic N) is 5. The van der Waals surface area contributed by atoms with Gasteiger partial charge < -0.3 is 59.4 Å². The number of amides is 12. The molecule has 28 heteroatoms. The van der Waals surface area contributed by atoms with Crippen LogP contribution in [-0.4, -0.2) is 160 Å². The van der Waals surface area contributed by atoms with Crippen molar-refractivity contribution in [1.29, 1.82) is 0 Å². The number of urea groups is 3. The van der Waals surface area contributed by atoms with E-state index in [0.717, 1.165) is 27.6 Å². The molecule has 3 atom stereocenters. The number of hydrogen-bond acceptors (Lipinski definition) is 16. The van der Waals surface area contributed by atoms with Crippen molar-refractivity contribution in [2.75, 3.05) is 61.4 Å². The van der Waals surface area contributed by atoms with Gasteiger partial charge in [0.1, 0.15) is 24.0 Å². The number of carbonyl (C=O) groups excluding carboxylic acids is 10. The third kappa shape index (κ3) is 13.2. The first-order valence-electron chi connectivity index (χ1n) is 29.7. The van der Waals surface area contributed by atoms with Gasteiger partial charge in [0.2, 0.25) is 0 Å². The SMILES string of the molecule is COC(=O)c1ccc([C@]2(CN3Cc4ccc(OC)cc4C3=O)NC(=O)NC2=O)cc1.COc1ccc2c(c1)C(=O)N(C[C@@]1(c3ccc(C(=O)O)cc3)NC(=O)NC1=O)C2.[C-]#[N+]c1ccc([C@]2(CN3Cc4ccc(OC)cc4C3=O)NC(=O)N(COCC[Si](C)(C)C)C2=O)cc1. The fourth-order valence-corrected chi connectivity index (χ4v) is 12.6. The predicted octanol–water partition coefficient (Wildman–Crippen LogP) is 6.22. The van der Waals surface area contributed by atoms with E-state index in [1.54, 1.807) is 89.8 Å². The topological polar surface area (TPSA) is 332 Å². The van der Waals surface area contributed by atoms with E-state index in [2.05, 4.69) is 51.1 Å². The summed E-state index contributed by atoms with van der Waals surface area (Å²) in [5, 5.41) is 21.7. The summed E-state index contributed by atoms with van der Waals surface area (Å²) in [5.41, 5.74) is 1.49. The van der Waals surface area contributed by atoms with Crippen LogP contribution in [0.3, 0.4) is 0 Å². The predicted molar refractivity (Wildman–Crippen MR) is 340 cm³/mol. The zero-order chi connectivity index (χ0) is 68.3. The lowest BCUT2D eigenvalue weighted by Crippen LogP contribution is -2.53. The first-order valence-corrected chi connectivity index (χ1v) is 33.4. The Morgan fingerprint density at radius 1 is 0.537 bits per heavy atom. The van der Waals surface area contributed by atoms with Crippen LogP contribution in [0.5, 0.6) is 17.2 Å². The van der Waals surface area contributed by atoms with Gasteiger partial charge in [0.05, 0.1) is 65.8 Å². The second kappa shape index (κ2) is 26.6. The molecule has 0 saturated carbocycles. The number of methoxy groups -OCH3 is 4. The Hall–Kier alpha value is -11.4. The third-order valence-electron chi connectivity index (χ3n) is 17.1. The van der Waals surface area contributed by atoms with E-state index in [1.165, 1.54) is 74.6 Å². The maximum atomic E-state index is 13.8. The monoisotopic (exact) mass is 1310 g/mol. The smallest absolute Gasteiger partial charge is 0.337 e. The van der Waals surface area contributed by atoms with Crippen molar-refractivity contribution in [2.24, 2.45) is 0 Å². The summed E-state index contributed by atoms with van der Waals surface area (Å²) >= 11 is 0. The quantitative estimate of drug-likeness (QED) is 0.0172.